The molecule has 2 aromatic heterocycles. The second-order valence-electron chi connectivity index (χ2n) is 4.73. The molecule has 0 radical (unpaired) electrons. The van der Waals surface area contributed by atoms with E-state index in [0.29, 0.717) is 5.75 Å². The van der Waals surface area contributed by atoms with Gasteiger partial charge in [0.2, 0.25) is 0 Å². The van der Waals surface area contributed by atoms with Gasteiger partial charge in [0, 0.05) is 10.7 Å². The molecule has 0 aliphatic carbocycles. The van der Waals surface area contributed by atoms with Crippen LogP contribution in [0.5, 0.6) is 11.2 Å². The van der Waals surface area contributed by atoms with Crippen molar-refractivity contribution in [2.45, 2.75) is 26.2 Å². The maximum atomic E-state index is 10.3. The van der Waals surface area contributed by atoms with Crippen LogP contribution in [0.2, 0.25) is 0 Å². The highest BCUT2D eigenvalue weighted by molar-refractivity contribution is 7.36. The zero-order valence-corrected chi connectivity index (χ0v) is 11.6. The fourth-order valence-electron chi connectivity index (χ4n) is 1.66. The van der Waals surface area contributed by atoms with Crippen molar-refractivity contribution in [1.29, 1.82) is 0 Å². The van der Waals surface area contributed by atoms with E-state index in [-0.39, 0.29) is 5.41 Å². The number of rotatable bonds is 1. The van der Waals surface area contributed by atoms with Gasteiger partial charge >= 0.3 is 0 Å². The van der Waals surface area contributed by atoms with Gasteiger partial charge in [-0.2, -0.15) is 0 Å². The summed E-state index contributed by atoms with van der Waals surface area (Å²) in [5.74, 6) is 0.422. The summed E-state index contributed by atoms with van der Waals surface area (Å²) in [6.45, 7) is 6.32. The maximum Gasteiger partial charge on any atom is 0.163 e. The second-order valence-corrected chi connectivity index (χ2v) is 6.72. The van der Waals surface area contributed by atoms with Crippen LogP contribution in [0.1, 0.15) is 26.1 Å². The Balaban J connectivity index is 2.81. The molecule has 0 spiro atoms. The molecule has 86 valence electrons. The SMILES string of the molecule is COc1pc(C(C)(C)C)c(O)c2ccsc12. The normalized spacial score (nSPS) is 12.5. The van der Waals surface area contributed by atoms with E-state index in [4.69, 9.17) is 4.74 Å². The van der Waals surface area contributed by atoms with E-state index in [2.05, 4.69) is 20.8 Å². The Labute approximate surface area is 101 Å². The van der Waals surface area contributed by atoms with Crippen molar-refractivity contribution in [2.24, 2.45) is 0 Å². The van der Waals surface area contributed by atoms with Crippen molar-refractivity contribution in [3.63, 3.8) is 0 Å². The lowest BCUT2D eigenvalue weighted by Gasteiger charge is -2.21. The predicted octanol–water partition coefficient (Wildman–Crippen LogP) is 4.49. The molecular weight excluding hydrogens is 239 g/mol. The predicted molar refractivity (Wildman–Crippen MR) is 71.3 cm³/mol. The Hall–Kier alpha value is -0.790. The van der Waals surface area contributed by atoms with Crippen molar-refractivity contribution in [1.82, 2.24) is 0 Å². The number of fused-ring (bicyclic) bond motifs is 1. The summed E-state index contributed by atoms with van der Waals surface area (Å²) >= 11 is 1.61. The fourth-order valence-corrected chi connectivity index (χ4v) is 3.84. The molecule has 0 atom stereocenters. The summed E-state index contributed by atoms with van der Waals surface area (Å²) < 4.78 is 6.47. The third-order valence-corrected chi connectivity index (χ3v) is 5.24. The molecule has 0 saturated carbocycles. The van der Waals surface area contributed by atoms with Crippen molar-refractivity contribution < 1.29 is 9.84 Å². The van der Waals surface area contributed by atoms with E-state index >= 15 is 0 Å². The number of methoxy groups -OCH3 is 1. The molecule has 0 saturated heterocycles. The van der Waals surface area contributed by atoms with Gasteiger partial charge in [0.1, 0.15) is 5.75 Å². The summed E-state index contributed by atoms with van der Waals surface area (Å²) in [5, 5.41) is 14.2. The number of hydrogen-bond acceptors (Lipinski definition) is 3. The Kier molecular flexibility index (Phi) is 2.85. The first-order valence-corrected chi connectivity index (χ1v) is 6.87. The summed E-state index contributed by atoms with van der Waals surface area (Å²) in [7, 11) is 2.67. The first kappa shape index (κ1) is 11.7. The van der Waals surface area contributed by atoms with Gasteiger partial charge in [-0.3, -0.25) is 0 Å². The van der Waals surface area contributed by atoms with Crippen LogP contribution in [0.3, 0.4) is 0 Å². The Morgan fingerprint density at radius 2 is 2.06 bits per heavy atom. The molecule has 0 aliphatic rings. The van der Waals surface area contributed by atoms with Gasteiger partial charge in [0.25, 0.3) is 0 Å². The Bertz CT molecular complexity index is 526. The molecule has 0 fully saturated rings. The topological polar surface area (TPSA) is 29.5 Å². The van der Waals surface area contributed by atoms with E-state index in [0.717, 1.165) is 29.1 Å². The first-order valence-electron chi connectivity index (χ1n) is 5.10. The molecular formula is C12H15O2PS. The zero-order chi connectivity index (χ0) is 11.9. The molecule has 0 aromatic carbocycles. The molecule has 2 aromatic rings. The number of ether oxygens (including phenoxy) is 1. The second kappa shape index (κ2) is 3.90. The van der Waals surface area contributed by atoms with Crippen LogP contribution in [0.4, 0.5) is 0 Å². The van der Waals surface area contributed by atoms with Gasteiger partial charge in [0.15, 0.2) is 5.48 Å². The fraction of sp³-hybridized carbons (Fsp3) is 0.417. The molecule has 1 N–H and O–H groups in total. The Morgan fingerprint density at radius 1 is 1.38 bits per heavy atom. The minimum Gasteiger partial charge on any atom is -0.507 e. The smallest absolute Gasteiger partial charge is 0.163 e. The molecule has 0 aliphatic heterocycles. The van der Waals surface area contributed by atoms with Crippen LogP contribution >= 0.6 is 19.5 Å². The maximum absolute atomic E-state index is 10.3. The van der Waals surface area contributed by atoms with E-state index in [1.165, 1.54) is 0 Å². The van der Waals surface area contributed by atoms with Crippen molar-refractivity contribution >= 4 is 29.6 Å². The van der Waals surface area contributed by atoms with Crippen LogP contribution in [0.25, 0.3) is 10.1 Å². The van der Waals surface area contributed by atoms with Crippen molar-refractivity contribution in [3.8, 4) is 11.2 Å². The summed E-state index contributed by atoms with van der Waals surface area (Å²) in [5.41, 5.74) is 0.891. The monoisotopic (exact) mass is 254 g/mol. The highest BCUT2D eigenvalue weighted by Gasteiger charge is 2.23. The number of hydrogen-bond donors (Lipinski definition) is 1. The van der Waals surface area contributed by atoms with Crippen LogP contribution in [0, 0.1) is 0 Å². The third-order valence-electron chi connectivity index (χ3n) is 2.46. The lowest BCUT2D eigenvalue weighted by Crippen LogP contribution is -2.09. The van der Waals surface area contributed by atoms with E-state index in [9.17, 15) is 5.11 Å². The molecule has 16 heavy (non-hydrogen) atoms. The quantitative estimate of drug-likeness (QED) is 0.812. The molecule has 0 amide bonds. The molecule has 4 heteroatoms. The highest BCUT2D eigenvalue weighted by Crippen LogP contribution is 2.50. The van der Waals surface area contributed by atoms with Crippen LogP contribution in [-0.4, -0.2) is 12.2 Å². The number of thiophene rings is 1. The van der Waals surface area contributed by atoms with E-state index in [1.807, 2.05) is 11.4 Å². The van der Waals surface area contributed by atoms with Crippen molar-refractivity contribution in [2.75, 3.05) is 7.11 Å². The van der Waals surface area contributed by atoms with E-state index in [1.54, 1.807) is 18.4 Å². The minimum atomic E-state index is -0.0466. The highest BCUT2D eigenvalue weighted by atomic mass is 32.1. The van der Waals surface area contributed by atoms with E-state index < -0.39 is 0 Å². The third kappa shape index (κ3) is 1.79. The molecule has 2 heterocycles. The lowest BCUT2D eigenvalue weighted by atomic mass is 9.93. The van der Waals surface area contributed by atoms with Crippen LogP contribution < -0.4 is 4.74 Å². The average molecular weight is 254 g/mol. The van der Waals surface area contributed by atoms with Gasteiger partial charge < -0.3 is 9.84 Å². The standard InChI is InChI=1S/C12H15O2PS/c1-12(2,3)10-8(13)7-5-6-16-9(7)11(14-4)15-10/h5-6,13H,1-4H3. The largest absolute Gasteiger partial charge is 0.507 e. The van der Waals surface area contributed by atoms with Gasteiger partial charge in [-0.15, -0.1) is 11.3 Å². The van der Waals surface area contributed by atoms with Gasteiger partial charge in [-0.1, -0.05) is 20.8 Å². The minimum absolute atomic E-state index is 0.0466. The summed E-state index contributed by atoms with van der Waals surface area (Å²) in [6.07, 6.45) is 0. The molecule has 0 unspecified atom stereocenters. The van der Waals surface area contributed by atoms with Gasteiger partial charge in [-0.05, 0) is 25.1 Å². The van der Waals surface area contributed by atoms with Crippen LogP contribution in [-0.2, 0) is 5.41 Å². The zero-order valence-electron chi connectivity index (χ0n) is 9.87. The lowest BCUT2D eigenvalue weighted by molar-refractivity contribution is 0.429. The summed E-state index contributed by atoms with van der Waals surface area (Å²) in [6, 6.07) is 1.95. The van der Waals surface area contributed by atoms with Gasteiger partial charge in [0.05, 0.1) is 11.8 Å². The molecule has 0 bridgehead atoms. The van der Waals surface area contributed by atoms with Gasteiger partial charge in [-0.25, -0.2) is 0 Å². The van der Waals surface area contributed by atoms with Crippen LogP contribution in [0.15, 0.2) is 11.4 Å². The molecule has 2 nitrogen and oxygen atoms in total. The summed E-state index contributed by atoms with van der Waals surface area (Å²) in [4.78, 5) is 0. The number of aromatic hydroxyl groups is 1. The van der Waals surface area contributed by atoms with Crippen molar-refractivity contribution in [3.05, 3.63) is 16.7 Å². The molecule has 2 rings (SSSR count). The average Bonchev–Trinajstić information content (AvgIpc) is 2.65. The first-order chi connectivity index (χ1) is 7.45. The Morgan fingerprint density at radius 3 is 2.62 bits per heavy atom.